The number of aromatic nitrogens is 1. The van der Waals surface area contributed by atoms with Gasteiger partial charge in [-0.1, -0.05) is 40.3 Å². The van der Waals surface area contributed by atoms with Crippen LogP contribution >= 0.6 is 34.3 Å². The molecule has 118 valence electrons. The van der Waals surface area contributed by atoms with Gasteiger partial charge in [-0.25, -0.2) is 0 Å². The number of nitro groups is 1. The minimum Gasteiger partial charge on any atom is -0.315 e. The summed E-state index contributed by atoms with van der Waals surface area (Å²) in [6.07, 6.45) is 0. The Morgan fingerprint density at radius 2 is 2.13 bits per heavy atom. The Balaban J connectivity index is 2.11. The van der Waals surface area contributed by atoms with Crippen molar-refractivity contribution >= 4 is 55.4 Å². The van der Waals surface area contributed by atoms with E-state index in [1.54, 1.807) is 6.07 Å². The van der Waals surface area contributed by atoms with Crippen LogP contribution < -0.4 is 4.80 Å². The number of thiazole rings is 1. The summed E-state index contributed by atoms with van der Waals surface area (Å²) in [5.74, 6) is -0.493. The summed E-state index contributed by atoms with van der Waals surface area (Å²) < 4.78 is 2.80. The van der Waals surface area contributed by atoms with Crippen LogP contribution in [0.15, 0.2) is 35.3 Å². The van der Waals surface area contributed by atoms with Gasteiger partial charge in [-0.2, -0.15) is 4.99 Å². The third kappa shape index (κ3) is 2.92. The molecule has 1 aromatic carbocycles. The van der Waals surface area contributed by atoms with Gasteiger partial charge in [-0.3, -0.25) is 14.9 Å². The second-order valence-electron chi connectivity index (χ2n) is 4.53. The van der Waals surface area contributed by atoms with Gasteiger partial charge in [0.15, 0.2) is 4.80 Å². The molecule has 6 nitrogen and oxygen atoms in total. The van der Waals surface area contributed by atoms with Gasteiger partial charge in [0, 0.05) is 12.6 Å². The minimum atomic E-state index is -0.521. The minimum absolute atomic E-state index is 0.0775. The predicted octanol–water partition coefficient (Wildman–Crippen LogP) is 4.09. The number of thiophene rings is 1. The van der Waals surface area contributed by atoms with E-state index < -0.39 is 10.8 Å². The molecule has 2 aromatic heterocycles. The molecule has 1 amide bonds. The third-order valence-corrected chi connectivity index (χ3v) is 5.52. The van der Waals surface area contributed by atoms with E-state index in [0.717, 1.165) is 21.6 Å². The van der Waals surface area contributed by atoms with Crippen molar-refractivity contribution in [1.82, 2.24) is 4.57 Å². The van der Waals surface area contributed by atoms with E-state index in [9.17, 15) is 14.9 Å². The standard InChI is InChI=1S/C14H10ClN3O3S2/c1-2-17-12-8(15)4-3-5-9(12)23-14(17)16-13(19)10-6-7-11(22-10)18(20)21/h3-7H,2H2,1H3. The highest BCUT2D eigenvalue weighted by atomic mass is 35.5. The molecule has 0 N–H and O–H groups in total. The molecule has 0 bridgehead atoms. The van der Waals surface area contributed by atoms with Crippen molar-refractivity contribution in [3.63, 3.8) is 0 Å². The maximum Gasteiger partial charge on any atom is 0.324 e. The summed E-state index contributed by atoms with van der Waals surface area (Å²) >= 11 is 8.41. The molecule has 0 atom stereocenters. The van der Waals surface area contributed by atoms with Gasteiger partial charge in [-0.05, 0) is 25.1 Å². The lowest BCUT2D eigenvalue weighted by Crippen LogP contribution is -2.15. The fourth-order valence-electron chi connectivity index (χ4n) is 2.15. The normalized spacial score (nSPS) is 12.0. The zero-order valence-electron chi connectivity index (χ0n) is 11.9. The van der Waals surface area contributed by atoms with E-state index in [1.165, 1.54) is 23.5 Å². The molecular weight excluding hydrogens is 358 g/mol. The van der Waals surface area contributed by atoms with E-state index in [4.69, 9.17) is 11.6 Å². The van der Waals surface area contributed by atoms with Crippen LogP contribution in [0.5, 0.6) is 0 Å². The quantitative estimate of drug-likeness (QED) is 0.516. The van der Waals surface area contributed by atoms with Crippen molar-refractivity contribution in [2.45, 2.75) is 13.5 Å². The smallest absolute Gasteiger partial charge is 0.315 e. The molecular formula is C14H10ClN3O3S2. The van der Waals surface area contributed by atoms with Crippen LogP contribution in [0.2, 0.25) is 5.02 Å². The summed E-state index contributed by atoms with van der Waals surface area (Å²) in [7, 11) is 0. The Morgan fingerprint density at radius 3 is 2.78 bits per heavy atom. The zero-order chi connectivity index (χ0) is 16.6. The molecule has 9 heteroatoms. The fraction of sp³-hybridized carbons (Fsp3) is 0.143. The average molecular weight is 368 g/mol. The van der Waals surface area contributed by atoms with E-state index in [1.807, 2.05) is 23.6 Å². The first-order valence-electron chi connectivity index (χ1n) is 6.62. The van der Waals surface area contributed by atoms with Gasteiger partial charge >= 0.3 is 5.00 Å². The fourth-order valence-corrected chi connectivity index (χ4v) is 4.31. The maximum atomic E-state index is 12.3. The Labute approximate surface area is 143 Å². The molecule has 3 aromatic rings. The van der Waals surface area contributed by atoms with Crippen molar-refractivity contribution in [1.29, 1.82) is 0 Å². The number of carbonyl (C=O) groups is 1. The molecule has 0 saturated heterocycles. The number of benzene rings is 1. The van der Waals surface area contributed by atoms with E-state index in [2.05, 4.69) is 4.99 Å². The van der Waals surface area contributed by atoms with Crippen LogP contribution in [0.25, 0.3) is 10.2 Å². The van der Waals surface area contributed by atoms with Gasteiger partial charge in [0.1, 0.15) is 4.88 Å². The van der Waals surface area contributed by atoms with Gasteiger partial charge in [-0.15, -0.1) is 0 Å². The number of halogens is 1. The summed E-state index contributed by atoms with van der Waals surface area (Å²) in [5, 5.41) is 11.2. The predicted molar refractivity (Wildman–Crippen MR) is 91.4 cm³/mol. The zero-order valence-corrected chi connectivity index (χ0v) is 14.2. The second kappa shape index (κ2) is 6.23. The highest BCUT2D eigenvalue weighted by Gasteiger charge is 2.16. The van der Waals surface area contributed by atoms with Gasteiger partial charge in [0.05, 0.1) is 20.2 Å². The van der Waals surface area contributed by atoms with Crippen LogP contribution in [0.4, 0.5) is 5.00 Å². The van der Waals surface area contributed by atoms with Crippen LogP contribution in [-0.2, 0) is 6.54 Å². The monoisotopic (exact) mass is 367 g/mol. The van der Waals surface area contributed by atoms with Crippen molar-refractivity contribution in [2.24, 2.45) is 4.99 Å². The van der Waals surface area contributed by atoms with Crippen LogP contribution in [0.3, 0.4) is 0 Å². The number of fused-ring (bicyclic) bond motifs is 1. The number of hydrogen-bond donors (Lipinski definition) is 0. The topological polar surface area (TPSA) is 77.5 Å². The van der Waals surface area contributed by atoms with Gasteiger partial charge < -0.3 is 4.57 Å². The van der Waals surface area contributed by atoms with E-state index in [0.29, 0.717) is 16.4 Å². The van der Waals surface area contributed by atoms with Crippen LogP contribution in [0.1, 0.15) is 16.6 Å². The molecule has 0 radical (unpaired) electrons. The first-order valence-corrected chi connectivity index (χ1v) is 8.63. The Hall–Kier alpha value is -2.03. The van der Waals surface area contributed by atoms with E-state index in [-0.39, 0.29) is 9.88 Å². The molecule has 0 aliphatic heterocycles. The molecule has 0 spiro atoms. The molecule has 23 heavy (non-hydrogen) atoms. The van der Waals surface area contributed by atoms with Crippen LogP contribution in [-0.4, -0.2) is 15.4 Å². The lowest BCUT2D eigenvalue weighted by Gasteiger charge is -2.01. The molecule has 2 heterocycles. The molecule has 0 unspecified atom stereocenters. The van der Waals surface area contributed by atoms with E-state index >= 15 is 0 Å². The molecule has 0 saturated carbocycles. The Morgan fingerprint density at radius 1 is 1.35 bits per heavy atom. The second-order valence-corrected chi connectivity index (χ2v) is 7.01. The van der Waals surface area contributed by atoms with Crippen molar-refractivity contribution in [3.05, 3.63) is 55.1 Å². The number of aryl methyl sites for hydroxylation is 1. The molecule has 0 fully saturated rings. The summed E-state index contributed by atoms with van der Waals surface area (Å²) in [5.41, 5.74) is 0.838. The number of hydrogen-bond acceptors (Lipinski definition) is 5. The van der Waals surface area contributed by atoms with Crippen molar-refractivity contribution in [2.75, 3.05) is 0 Å². The highest BCUT2D eigenvalue weighted by Crippen LogP contribution is 2.26. The molecule has 3 rings (SSSR count). The SMILES string of the molecule is CCn1c(=NC(=O)c2ccc([N+](=O)[O-])s2)sc2cccc(Cl)c21. The number of nitrogens with zero attached hydrogens (tertiary/aromatic N) is 3. The van der Waals surface area contributed by atoms with Crippen molar-refractivity contribution in [3.8, 4) is 0 Å². The summed E-state index contributed by atoms with van der Waals surface area (Å²) in [6.45, 7) is 2.55. The molecule has 0 aliphatic rings. The lowest BCUT2D eigenvalue weighted by atomic mass is 10.3. The largest absolute Gasteiger partial charge is 0.324 e. The Bertz CT molecular complexity index is 987. The van der Waals surface area contributed by atoms with Crippen LogP contribution in [0, 0.1) is 10.1 Å². The third-order valence-electron chi connectivity index (χ3n) is 3.15. The van der Waals surface area contributed by atoms with Gasteiger partial charge in [0.2, 0.25) is 0 Å². The average Bonchev–Trinajstić information content (AvgIpc) is 3.12. The van der Waals surface area contributed by atoms with Crippen molar-refractivity contribution < 1.29 is 9.72 Å². The molecule has 0 aliphatic carbocycles. The number of carbonyl (C=O) groups excluding carboxylic acids is 1. The summed E-state index contributed by atoms with van der Waals surface area (Å²) in [4.78, 5) is 27.3. The maximum absolute atomic E-state index is 12.3. The lowest BCUT2D eigenvalue weighted by molar-refractivity contribution is -0.380. The summed E-state index contributed by atoms with van der Waals surface area (Å²) in [6, 6.07) is 8.28. The highest BCUT2D eigenvalue weighted by molar-refractivity contribution is 7.17. The number of amides is 1. The Kier molecular flexibility index (Phi) is 4.29. The first kappa shape index (κ1) is 15.9. The first-order chi connectivity index (χ1) is 11.0. The number of rotatable bonds is 3. The number of para-hydroxylation sites is 1. The van der Waals surface area contributed by atoms with Gasteiger partial charge in [0.25, 0.3) is 5.91 Å².